The first-order valence-electron chi connectivity index (χ1n) is 8.28. The Bertz CT molecular complexity index is 871. The molecular formula is C19H19ClN2O5. The summed E-state index contributed by atoms with van der Waals surface area (Å²) in [5, 5.41) is 0.349. The number of nitrogens with two attached hydrogens (primary N) is 1. The van der Waals surface area contributed by atoms with E-state index in [1.807, 2.05) is 18.2 Å². The third-order valence-corrected chi connectivity index (χ3v) is 4.35. The molecule has 0 atom stereocenters. The fraction of sp³-hybridized carbons (Fsp3) is 0.263. The van der Waals surface area contributed by atoms with Crippen molar-refractivity contribution >= 4 is 29.2 Å². The SMILES string of the molecule is CN(Cc1ccc2c(c1)OCCO2)C(=O)COC(=O)c1ccc(Cl)c(N)c1. The van der Waals surface area contributed by atoms with Crippen LogP contribution in [0.1, 0.15) is 15.9 Å². The number of amides is 1. The summed E-state index contributed by atoms with van der Waals surface area (Å²) in [6.45, 7) is 0.995. The van der Waals surface area contributed by atoms with Gasteiger partial charge in [-0.1, -0.05) is 17.7 Å². The Morgan fingerprint density at radius 1 is 1.15 bits per heavy atom. The van der Waals surface area contributed by atoms with E-state index >= 15 is 0 Å². The van der Waals surface area contributed by atoms with Gasteiger partial charge in [-0.15, -0.1) is 0 Å². The summed E-state index contributed by atoms with van der Waals surface area (Å²) in [4.78, 5) is 25.7. The molecule has 1 aliphatic heterocycles. The zero-order chi connectivity index (χ0) is 19.4. The number of hydrogen-bond acceptors (Lipinski definition) is 6. The highest BCUT2D eigenvalue weighted by molar-refractivity contribution is 6.33. The molecule has 1 heterocycles. The molecule has 1 aliphatic rings. The summed E-state index contributed by atoms with van der Waals surface area (Å²) < 4.78 is 16.1. The molecule has 142 valence electrons. The molecule has 0 saturated carbocycles. The van der Waals surface area contributed by atoms with Crippen molar-refractivity contribution in [1.82, 2.24) is 4.90 Å². The summed E-state index contributed by atoms with van der Waals surface area (Å²) in [6.07, 6.45) is 0. The Hall–Kier alpha value is -2.93. The van der Waals surface area contributed by atoms with Gasteiger partial charge in [-0.3, -0.25) is 4.79 Å². The van der Waals surface area contributed by atoms with Crippen LogP contribution in [0.4, 0.5) is 5.69 Å². The number of benzene rings is 2. The molecule has 1 amide bonds. The lowest BCUT2D eigenvalue weighted by Crippen LogP contribution is -2.31. The third kappa shape index (κ3) is 4.62. The van der Waals surface area contributed by atoms with E-state index in [0.717, 1.165) is 5.56 Å². The minimum Gasteiger partial charge on any atom is -0.486 e. The Morgan fingerprint density at radius 2 is 1.89 bits per heavy atom. The predicted octanol–water partition coefficient (Wildman–Crippen LogP) is 2.51. The largest absolute Gasteiger partial charge is 0.486 e. The Balaban J connectivity index is 1.54. The lowest BCUT2D eigenvalue weighted by atomic mass is 10.2. The standard InChI is InChI=1S/C19H19ClN2O5/c1-22(10-12-2-5-16-17(8-12)26-7-6-25-16)18(23)11-27-19(24)13-3-4-14(20)15(21)9-13/h2-5,8-9H,6-7,10-11,21H2,1H3. The molecule has 0 bridgehead atoms. The molecular weight excluding hydrogens is 372 g/mol. The smallest absolute Gasteiger partial charge is 0.338 e. The van der Waals surface area contributed by atoms with Gasteiger partial charge in [0.2, 0.25) is 0 Å². The molecule has 0 aliphatic carbocycles. The second-order valence-electron chi connectivity index (χ2n) is 6.04. The maximum atomic E-state index is 12.2. The monoisotopic (exact) mass is 390 g/mol. The number of carbonyl (C=O) groups is 2. The fourth-order valence-electron chi connectivity index (χ4n) is 2.54. The minimum atomic E-state index is -0.639. The van der Waals surface area contributed by atoms with Gasteiger partial charge in [0.25, 0.3) is 5.91 Å². The van der Waals surface area contributed by atoms with Gasteiger partial charge in [0.1, 0.15) is 13.2 Å². The molecule has 0 unspecified atom stereocenters. The third-order valence-electron chi connectivity index (χ3n) is 4.01. The second kappa shape index (κ2) is 8.18. The van der Waals surface area contributed by atoms with Crippen LogP contribution in [-0.4, -0.2) is 43.6 Å². The van der Waals surface area contributed by atoms with Gasteiger partial charge in [0.15, 0.2) is 18.1 Å². The van der Waals surface area contributed by atoms with Gasteiger partial charge in [-0.25, -0.2) is 4.79 Å². The van der Waals surface area contributed by atoms with Crippen molar-refractivity contribution in [2.75, 3.05) is 32.6 Å². The quantitative estimate of drug-likeness (QED) is 0.623. The van der Waals surface area contributed by atoms with E-state index in [4.69, 9.17) is 31.5 Å². The lowest BCUT2D eigenvalue weighted by molar-refractivity contribution is -0.133. The van der Waals surface area contributed by atoms with Crippen LogP contribution >= 0.6 is 11.6 Å². The highest BCUT2D eigenvalue weighted by Gasteiger charge is 2.16. The van der Waals surface area contributed by atoms with Crippen LogP contribution < -0.4 is 15.2 Å². The predicted molar refractivity (Wildman–Crippen MR) is 100 cm³/mol. The number of carbonyl (C=O) groups excluding carboxylic acids is 2. The topological polar surface area (TPSA) is 91.1 Å². The maximum Gasteiger partial charge on any atom is 0.338 e. The molecule has 2 N–H and O–H groups in total. The molecule has 0 saturated heterocycles. The number of hydrogen-bond donors (Lipinski definition) is 1. The number of fused-ring (bicyclic) bond motifs is 1. The summed E-state index contributed by atoms with van der Waals surface area (Å²) in [6, 6.07) is 9.91. The highest BCUT2D eigenvalue weighted by Crippen LogP contribution is 2.31. The summed E-state index contributed by atoms with van der Waals surface area (Å²) in [5.41, 5.74) is 7.05. The Kier molecular flexibility index (Phi) is 5.71. The molecule has 27 heavy (non-hydrogen) atoms. The number of nitrogens with zero attached hydrogens (tertiary/aromatic N) is 1. The van der Waals surface area contributed by atoms with E-state index < -0.39 is 5.97 Å². The van der Waals surface area contributed by atoms with E-state index in [1.54, 1.807) is 7.05 Å². The van der Waals surface area contributed by atoms with Crippen LogP contribution in [0.15, 0.2) is 36.4 Å². The summed E-state index contributed by atoms with van der Waals surface area (Å²) >= 11 is 5.82. The number of anilines is 1. The van der Waals surface area contributed by atoms with Crippen LogP contribution in [0, 0.1) is 0 Å². The van der Waals surface area contributed by atoms with Crippen LogP contribution in [-0.2, 0) is 16.1 Å². The molecule has 2 aromatic rings. The van der Waals surface area contributed by atoms with E-state index in [2.05, 4.69) is 0 Å². The fourth-order valence-corrected chi connectivity index (χ4v) is 2.66. The van der Waals surface area contributed by atoms with Crippen LogP contribution in [0.5, 0.6) is 11.5 Å². The first-order valence-corrected chi connectivity index (χ1v) is 8.66. The van der Waals surface area contributed by atoms with Gasteiger partial charge in [0, 0.05) is 13.6 Å². The van der Waals surface area contributed by atoms with Crippen LogP contribution in [0.3, 0.4) is 0 Å². The molecule has 8 heteroatoms. The van der Waals surface area contributed by atoms with Crippen LogP contribution in [0.2, 0.25) is 5.02 Å². The average molecular weight is 391 g/mol. The number of halogens is 1. The Morgan fingerprint density at radius 3 is 2.63 bits per heavy atom. The lowest BCUT2D eigenvalue weighted by Gasteiger charge is -2.21. The van der Waals surface area contributed by atoms with Crippen molar-refractivity contribution in [1.29, 1.82) is 0 Å². The normalized spacial score (nSPS) is 12.4. The summed E-state index contributed by atoms with van der Waals surface area (Å²) in [5.74, 6) is 0.376. The van der Waals surface area contributed by atoms with Gasteiger partial charge < -0.3 is 24.8 Å². The Labute approximate surface area is 161 Å². The second-order valence-corrected chi connectivity index (χ2v) is 6.45. The molecule has 0 spiro atoms. The van der Waals surface area contributed by atoms with Crippen molar-refractivity contribution in [2.24, 2.45) is 0 Å². The minimum absolute atomic E-state index is 0.235. The molecule has 3 rings (SSSR count). The van der Waals surface area contributed by atoms with Crippen molar-refractivity contribution < 1.29 is 23.8 Å². The van der Waals surface area contributed by atoms with Crippen molar-refractivity contribution in [2.45, 2.75) is 6.54 Å². The molecule has 0 fully saturated rings. The van der Waals surface area contributed by atoms with E-state index in [0.29, 0.717) is 36.3 Å². The van der Waals surface area contributed by atoms with Crippen molar-refractivity contribution in [3.05, 3.63) is 52.5 Å². The van der Waals surface area contributed by atoms with Gasteiger partial charge in [-0.2, -0.15) is 0 Å². The number of ether oxygens (including phenoxy) is 3. The van der Waals surface area contributed by atoms with E-state index in [9.17, 15) is 9.59 Å². The number of esters is 1. The first-order chi connectivity index (χ1) is 12.9. The first kappa shape index (κ1) is 18.8. The van der Waals surface area contributed by atoms with E-state index in [-0.39, 0.29) is 23.8 Å². The summed E-state index contributed by atoms with van der Waals surface area (Å²) in [7, 11) is 1.63. The highest BCUT2D eigenvalue weighted by atomic mass is 35.5. The zero-order valence-electron chi connectivity index (χ0n) is 14.7. The van der Waals surface area contributed by atoms with E-state index in [1.165, 1.54) is 23.1 Å². The average Bonchev–Trinajstić information content (AvgIpc) is 2.67. The van der Waals surface area contributed by atoms with Crippen LogP contribution in [0.25, 0.3) is 0 Å². The van der Waals surface area contributed by atoms with Crippen molar-refractivity contribution in [3.63, 3.8) is 0 Å². The molecule has 0 aromatic heterocycles. The number of rotatable bonds is 5. The molecule has 0 radical (unpaired) electrons. The molecule has 2 aromatic carbocycles. The van der Waals surface area contributed by atoms with Gasteiger partial charge in [-0.05, 0) is 35.9 Å². The molecule has 7 nitrogen and oxygen atoms in total. The van der Waals surface area contributed by atoms with Crippen molar-refractivity contribution in [3.8, 4) is 11.5 Å². The van der Waals surface area contributed by atoms with Gasteiger partial charge in [0.05, 0.1) is 16.3 Å². The number of nitrogen functional groups attached to an aromatic ring is 1. The number of likely N-dealkylation sites (N-methyl/N-ethyl adjacent to an activating group) is 1. The zero-order valence-corrected chi connectivity index (χ0v) is 15.5. The maximum absolute atomic E-state index is 12.2. The van der Waals surface area contributed by atoms with Gasteiger partial charge >= 0.3 is 5.97 Å².